The monoisotopic (exact) mass is 374 g/mol. The van der Waals surface area contributed by atoms with Crippen molar-refractivity contribution in [3.63, 3.8) is 0 Å². The Morgan fingerprint density at radius 3 is 2.35 bits per heavy atom. The number of hydrogen-bond donors (Lipinski definition) is 0. The number of carbonyl (C=O) groups excluding carboxylic acids is 1. The van der Waals surface area contributed by atoms with Crippen LogP contribution in [0.2, 0.25) is 0 Å². The van der Waals surface area contributed by atoms with E-state index in [1.165, 1.54) is 45.3 Å². The predicted molar refractivity (Wildman–Crippen MR) is 95.5 cm³/mol. The first-order valence-electron chi connectivity index (χ1n) is 7.64. The lowest BCUT2D eigenvalue weighted by atomic mass is 10.2. The molecule has 0 aliphatic carbocycles. The van der Waals surface area contributed by atoms with Crippen LogP contribution in [0.25, 0.3) is 0 Å². The van der Waals surface area contributed by atoms with Crippen molar-refractivity contribution in [2.75, 3.05) is 18.5 Å². The van der Waals surface area contributed by atoms with Crippen LogP contribution in [0.15, 0.2) is 53.4 Å². The third-order valence-electron chi connectivity index (χ3n) is 3.64. The third-order valence-corrected chi connectivity index (χ3v) is 5.42. The minimum Gasteiger partial charge on any atom is -0.495 e. The molecule has 0 radical (unpaired) electrons. The fourth-order valence-corrected chi connectivity index (χ4v) is 3.40. The predicted octanol–water partition coefficient (Wildman–Crippen LogP) is 2.59. The smallest absolute Gasteiger partial charge is 0.339 e. The van der Waals surface area contributed by atoms with Gasteiger partial charge in [-0.25, -0.2) is 13.2 Å². The first kappa shape index (κ1) is 19.3. The highest BCUT2D eigenvalue weighted by Gasteiger charge is 2.24. The molecule has 0 heterocycles. The van der Waals surface area contributed by atoms with Gasteiger partial charge in [-0.3, -0.25) is 4.31 Å². The number of para-hydroxylation sites is 2. The normalized spacial score (nSPS) is 11.9. The summed E-state index contributed by atoms with van der Waals surface area (Å²) < 4.78 is 36.8. The van der Waals surface area contributed by atoms with E-state index in [0.29, 0.717) is 11.4 Å². The summed E-state index contributed by atoms with van der Waals surface area (Å²) in [5, 5.41) is 8.67. The van der Waals surface area contributed by atoms with E-state index in [9.17, 15) is 13.2 Å². The van der Waals surface area contributed by atoms with E-state index >= 15 is 0 Å². The number of methoxy groups -OCH3 is 1. The SMILES string of the molecule is COc1ccccc1N(C)S(=O)(=O)c1ccc(C(=O)OC(C)C#N)cc1. The number of esters is 1. The number of ether oxygens (including phenoxy) is 2. The number of carbonyl (C=O) groups is 1. The van der Waals surface area contributed by atoms with Crippen LogP contribution >= 0.6 is 0 Å². The van der Waals surface area contributed by atoms with Crippen LogP contribution in [0.4, 0.5) is 5.69 Å². The Labute approximate surface area is 152 Å². The molecule has 0 saturated heterocycles. The molecule has 0 bridgehead atoms. The van der Waals surface area contributed by atoms with Gasteiger partial charge in [-0.05, 0) is 43.3 Å². The molecule has 2 rings (SSSR count). The largest absolute Gasteiger partial charge is 0.495 e. The molecule has 8 heteroatoms. The van der Waals surface area contributed by atoms with Gasteiger partial charge in [-0.1, -0.05) is 12.1 Å². The molecule has 26 heavy (non-hydrogen) atoms. The van der Waals surface area contributed by atoms with E-state index in [4.69, 9.17) is 14.7 Å². The number of nitriles is 1. The Balaban J connectivity index is 2.29. The van der Waals surface area contributed by atoms with Gasteiger partial charge in [-0.15, -0.1) is 0 Å². The molecule has 0 saturated carbocycles. The van der Waals surface area contributed by atoms with Gasteiger partial charge in [0.25, 0.3) is 10.0 Å². The maximum Gasteiger partial charge on any atom is 0.339 e. The van der Waals surface area contributed by atoms with Crippen molar-refractivity contribution >= 4 is 21.7 Å². The van der Waals surface area contributed by atoms with Crippen LogP contribution in [-0.2, 0) is 14.8 Å². The average molecular weight is 374 g/mol. The first-order chi connectivity index (χ1) is 12.3. The van der Waals surface area contributed by atoms with Crippen LogP contribution in [-0.4, -0.2) is 34.6 Å². The summed E-state index contributed by atoms with van der Waals surface area (Å²) in [6, 6.07) is 13.8. The Hall–Kier alpha value is -3.05. The molecular weight excluding hydrogens is 356 g/mol. The van der Waals surface area contributed by atoms with E-state index < -0.39 is 22.1 Å². The molecule has 1 unspecified atom stereocenters. The second-order valence-corrected chi connectivity index (χ2v) is 7.31. The van der Waals surface area contributed by atoms with E-state index in [2.05, 4.69) is 0 Å². The lowest BCUT2D eigenvalue weighted by Gasteiger charge is -2.21. The van der Waals surface area contributed by atoms with Crippen LogP contribution in [0.5, 0.6) is 5.75 Å². The Morgan fingerprint density at radius 1 is 1.15 bits per heavy atom. The molecule has 0 aliphatic heterocycles. The summed E-state index contributed by atoms with van der Waals surface area (Å²) in [5.41, 5.74) is 0.548. The first-order valence-corrected chi connectivity index (χ1v) is 9.08. The van der Waals surface area contributed by atoms with Gasteiger partial charge in [-0.2, -0.15) is 5.26 Å². The second-order valence-electron chi connectivity index (χ2n) is 5.35. The molecule has 0 N–H and O–H groups in total. The van der Waals surface area contributed by atoms with Crippen molar-refractivity contribution in [3.8, 4) is 11.8 Å². The van der Waals surface area contributed by atoms with Gasteiger partial charge in [0.2, 0.25) is 0 Å². The van der Waals surface area contributed by atoms with Gasteiger partial charge in [0.1, 0.15) is 11.8 Å². The van der Waals surface area contributed by atoms with E-state index in [-0.39, 0.29) is 10.5 Å². The Bertz CT molecular complexity index is 933. The van der Waals surface area contributed by atoms with Crippen molar-refractivity contribution in [2.45, 2.75) is 17.9 Å². The standard InChI is InChI=1S/C18H18N2O5S/c1-13(12-19)25-18(21)14-8-10-15(11-9-14)26(22,23)20(2)16-6-4-5-7-17(16)24-3/h4-11,13H,1-3H3. The van der Waals surface area contributed by atoms with Crippen molar-refractivity contribution in [1.29, 1.82) is 5.26 Å². The number of benzene rings is 2. The van der Waals surface area contributed by atoms with Crippen LogP contribution < -0.4 is 9.04 Å². The van der Waals surface area contributed by atoms with Crippen LogP contribution in [0.3, 0.4) is 0 Å². The molecule has 2 aromatic carbocycles. The van der Waals surface area contributed by atoms with Crippen molar-refractivity contribution < 1.29 is 22.7 Å². The Morgan fingerprint density at radius 2 is 1.77 bits per heavy atom. The molecule has 2 aromatic rings. The van der Waals surface area contributed by atoms with Gasteiger partial charge in [0.15, 0.2) is 6.10 Å². The molecule has 0 spiro atoms. The third kappa shape index (κ3) is 3.95. The van der Waals surface area contributed by atoms with E-state index in [0.717, 1.165) is 4.31 Å². The van der Waals surface area contributed by atoms with Crippen molar-refractivity contribution in [3.05, 3.63) is 54.1 Å². The topological polar surface area (TPSA) is 96.7 Å². The molecule has 0 amide bonds. The van der Waals surface area contributed by atoms with Gasteiger partial charge in [0, 0.05) is 7.05 Å². The Kier molecular flexibility index (Phi) is 5.85. The van der Waals surface area contributed by atoms with Crippen molar-refractivity contribution in [1.82, 2.24) is 0 Å². The molecule has 0 aromatic heterocycles. The summed E-state index contributed by atoms with van der Waals surface area (Å²) >= 11 is 0. The highest BCUT2D eigenvalue weighted by atomic mass is 32.2. The summed E-state index contributed by atoms with van der Waals surface area (Å²) in [6.45, 7) is 1.44. The lowest BCUT2D eigenvalue weighted by Crippen LogP contribution is -2.27. The average Bonchev–Trinajstić information content (AvgIpc) is 2.67. The van der Waals surface area contributed by atoms with Gasteiger partial charge < -0.3 is 9.47 Å². The molecule has 0 fully saturated rings. The molecule has 1 atom stereocenters. The van der Waals surface area contributed by atoms with E-state index in [1.807, 2.05) is 0 Å². The highest BCUT2D eigenvalue weighted by molar-refractivity contribution is 7.92. The summed E-state index contributed by atoms with van der Waals surface area (Å²) in [7, 11) is -0.965. The zero-order chi connectivity index (χ0) is 19.3. The van der Waals surface area contributed by atoms with Crippen LogP contribution in [0, 0.1) is 11.3 Å². The quantitative estimate of drug-likeness (QED) is 0.721. The van der Waals surface area contributed by atoms with Gasteiger partial charge >= 0.3 is 5.97 Å². The number of nitrogens with zero attached hydrogens (tertiary/aromatic N) is 2. The molecule has 7 nitrogen and oxygen atoms in total. The summed E-state index contributed by atoms with van der Waals surface area (Å²) in [6.07, 6.45) is -0.886. The number of anilines is 1. The number of rotatable bonds is 6. The second kappa shape index (κ2) is 7.89. The minimum atomic E-state index is -3.85. The zero-order valence-corrected chi connectivity index (χ0v) is 15.4. The fraction of sp³-hybridized carbons (Fsp3) is 0.222. The maximum absolute atomic E-state index is 12.8. The lowest BCUT2D eigenvalue weighted by molar-refractivity contribution is 0.0435. The fourth-order valence-electron chi connectivity index (χ4n) is 2.20. The van der Waals surface area contributed by atoms with Crippen molar-refractivity contribution in [2.24, 2.45) is 0 Å². The highest BCUT2D eigenvalue weighted by Crippen LogP contribution is 2.30. The summed E-state index contributed by atoms with van der Waals surface area (Å²) in [4.78, 5) is 11.9. The molecular formula is C18H18N2O5S. The summed E-state index contributed by atoms with van der Waals surface area (Å²) in [5.74, 6) is -0.273. The zero-order valence-electron chi connectivity index (χ0n) is 14.5. The van der Waals surface area contributed by atoms with Crippen LogP contribution in [0.1, 0.15) is 17.3 Å². The minimum absolute atomic E-state index is 0.00999. The molecule has 136 valence electrons. The van der Waals surface area contributed by atoms with E-state index in [1.54, 1.807) is 30.3 Å². The maximum atomic E-state index is 12.8. The number of hydrogen-bond acceptors (Lipinski definition) is 6. The molecule has 0 aliphatic rings. The number of sulfonamides is 1. The van der Waals surface area contributed by atoms with Gasteiger partial charge in [0.05, 0.1) is 23.3 Å².